The summed E-state index contributed by atoms with van der Waals surface area (Å²) in [6.07, 6.45) is 8.53. The van der Waals surface area contributed by atoms with Crippen LogP contribution in [0.3, 0.4) is 0 Å². The second-order valence-corrected chi connectivity index (χ2v) is 8.90. The minimum Gasteiger partial charge on any atom is -0.353 e. The Morgan fingerprint density at radius 2 is 2.32 bits per heavy atom. The zero-order valence-corrected chi connectivity index (χ0v) is 17.0. The van der Waals surface area contributed by atoms with E-state index in [1.807, 2.05) is 0 Å². The van der Waals surface area contributed by atoms with E-state index >= 15 is 0 Å². The molecule has 4 rings (SSSR count). The summed E-state index contributed by atoms with van der Waals surface area (Å²) in [6.45, 7) is 6.20. The Balaban J connectivity index is 1.44. The van der Waals surface area contributed by atoms with Crippen molar-refractivity contribution in [1.82, 2.24) is 19.9 Å². The highest BCUT2D eigenvalue weighted by Crippen LogP contribution is 2.49. The number of hydrogen-bond donors (Lipinski definition) is 1. The lowest BCUT2D eigenvalue weighted by molar-refractivity contribution is -0.119. The van der Waals surface area contributed by atoms with Gasteiger partial charge in [-0.3, -0.25) is 14.2 Å². The lowest BCUT2D eigenvalue weighted by Crippen LogP contribution is -2.41. The Kier molecular flexibility index (Phi) is 5.53. The molecule has 2 aromatic heterocycles. The number of hydrogen-bond acceptors (Lipinski definition) is 5. The molecule has 6 nitrogen and oxygen atoms in total. The van der Waals surface area contributed by atoms with Gasteiger partial charge in [0.2, 0.25) is 5.91 Å². The van der Waals surface area contributed by atoms with Gasteiger partial charge >= 0.3 is 0 Å². The molecule has 1 N–H and O–H groups in total. The second-order valence-electron chi connectivity index (χ2n) is 7.96. The molecule has 1 amide bonds. The summed E-state index contributed by atoms with van der Waals surface area (Å²) in [4.78, 5) is 33.9. The van der Waals surface area contributed by atoms with E-state index in [9.17, 15) is 9.59 Å². The van der Waals surface area contributed by atoms with Crippen molar-refractivity contribution in [2.75, 3.05) is 5.75 Å². The van der Waals surface area contributed by atoms with Gasteiger partial charge in [-0.2, -0.15) is 0 Å². The number of rotatable bonds is 7. The zero-order valence-electron chi connectivity index (χ0n) is 16.1. The highest BCUT2D eigenvalue weighted by molar-refractivity contribution is 7.99. The number of carbonyl (C=O) groups is 1. The number of thioether (sulfide) groups is 1. The van der Waals surface area contributed by atoms with Crippen LogP contribution in [0.2, 0.25) is 0 Å². The van der Waals surface area contributed by atoms with Crippen LogP contribution in [0.5, 0.6) is 0 Å². The monoisotopic (exact) mass is 398 g/mol. The third-order valence-electron chi connectivity index (χ3n) is 6.16. The van der Waals surface area contributed by atoms with Crippen molar-refractivity contribution in [2.24, 2.45) is 17.8 Å². The highest BCUT2D eigenvalue weighted by atomic mass is 32.2. The number of allylic oxidation sites excluding steroid dienone is 1. The van der Waals surface area contributed by atoms with Crippen LogP contribution < -0.4 is 10.9 Å². The minimum atomic E-state index is -0.156. The van der Waals surface area contributed by atoms with E-state index in [0.29, 0.717) is 28.7 Å². The molecule has 0 aliphatic heterocycles. The first-order valence-electron chi connectivity index (χ1n) is 9.95. The van der Waals surface area contributed by atoms with Crippen molar-refractivity contribution in [1.29, 1.82) is 0 Å². The summed E-state index contributed by atoms with van der Waals surface area (Å²) >= 11 is 1.28. The van der Waals surface area contributed by atoms with E-state index < -0.39 is 0 Å². The number of carbonyl (C=O) groups excluding carboxylic acids is 1. The standard InChI is InChI=1S/C21H26N4O2S/c1-3-9-25-20(27)16-5-4-8-22-19(16)24-21(25)28-12-18(26)23-13(2)17-11-14-6-7-15(17)10-14/h3-5,8,13-15,17H,1,6-7,9-12H2,2H3,(H,23,26)/t13-,14+,15+,17-/m1/s1. The molecule has 0 aromatic carbocycles. The van der Waals surface area contributed by atoms with E-state index in [0.717, 1.165) is 11.8 Å². The van der Waals surface area contributed by atoms with E-state index in [-0.39, 0.29) is 23.3 Å². The van der Waals surface area contributed by atoms with Gasteiger partial charge in [0.05, 0.1) is 11.1 Å². The summed E-state index contributed by atoms with van der Waals surface area (Å²) in [5.41, 5.74) is 0.252. The smallest absolute Gasteiger partial charge is 0.263 e. The Hall–Kier alpha value is -2.15. The van der Waals surface area contributed by atoms with Crippen LogP contribution in [0.25, 0.3) is 11.0 Å². The maximum absolute atomic E-state index is 12.7. The van der Waals surface area contributed by atoms with Gasteiger partial charge in [0.1, 0.15) is 0 Å². The van der Waals surface area contributed by atoms with Gasteiger partial charge in [-0.1, -0.05) is 24.3 Å². The molecule has 4 atom stereocenters. The molecule has 0 saturated heterocycles. The van der Waals surface area contributed by atoms with E-state index in [1.165, 1.54) is 37.4 Å². The Bertz CT molecular complexity index is 957. The molecule has 0 radical (unpaired) electrons. The molecule has 2 heterocycles. The van der Waals surface area contributed by atoms with Crippen LogP contribution >= 0.6 is 11.8 Å². The fourth-order valence-electron chi connectivity index (χ4n) is 4.88. The van der Waals surface area contributed by atoms with Gasteiger partial charge in [0.15, 0.2) is 10.8 Å². The molecule has 2 aliphatic rings. The van der Waals surface area contributed by atoms with Crippen molar-refractivity contribution in [3.05, 3.63) is 41.3 Å². The first-order valence-corrected chi connectivity index (χ1v) is 10.9. The van der Waals surface area contributed by atoms with Crippen LogP contribution in [0.4, 0.5) is 0 Å². The highest BCUT2D eigenvalue weighted by Gasteiger charge is 2.42. The Morgan fingerprint density at radius 3 is 3.04 bits per heavy atom. The van der Waals surface area contributed by atoms with Gasteiger partial charge in [-0.15, -0.1) is 6.58 Å². The molecule has 0 spiro atoms. The topological polar surface area (TPSA) is 76.9 Å². The normalized spacial score (nSPS) is 24.4. The van der Waals surface area contributed by atoms with E-state index in [1.54, 1.807) is 29.0 Å². The van der Waals surface area contributed by atoms with Gasteiger partial charge in [-0.25, -0.2) is 9.97 Å². The molecule has 7 heteroatoms. The average Bonchev–Trinajstić information content (AvgIpc) is 3.32. The Labute approximate surface area is 168 Å². The van der Waals surface area contributed by atoms with Crippen molar-refractivity contribution in [2.45, 2.75) is 50.4 Å². The largest absolute Gasteiger partial charge is 0.353 e. The third kappa shape index (κ3) is 3.72. The third-order valence-corrected chi connectivity index (χ3v) is 7.14. The molecule has 148 valence electrons. The summed E-state index contributed by atoms with van der Waals surface area (Å²) in [7, 11) is 0. The van der Waals surface area contributed by atoms with Gasteiger partial charge in [-0.05, 0) is 56.1 Å². The maximum Gasteiger partial charge on any atom is 0.263 e. The average molecular weight is 399 g/mol. The van der Waals surface area contributed by atoms with Gasteiger partial charge in [0.25, 0.3) is 5.56 Å². The molecule has 2 aliphatic carbocycles. The van der Waals surface area contributed by atoms with Crippen LogP contribution in [0.1, 0.15) is 32.6 Å². The molecule has 2 aromatic rings. The molecular weight excluding hydrogens is 372 g/mol. The fraction of sp³-hybridized carbons (Fsp3) is 0.524. The molecular formula is C21H26N4O2S. The number of aromatic nitrogens is 3. The SMILES string of the molecule is C=CCn1c(SCC(=O)N[C@H](C)[C@H]2C[C@H]3CC[C@H]2C3)nc2ncccc2c1=O. The lowest BCUT2D eigenvalue weighted by atomic mass is 9.84. The second kappa shape index (κ2) is 8.07. The quantitative estimate of drug-likeness (QED) is 0.441. The molecule has 2 fully saturated rings. The van der Waals surface area contributed by atoms with Crippen molar-refractivity contribution in [3.63, 3.8) is 0 Å². The number of pyridine rings is 1. The number of nitrogens with one attached hydrogen (secondary N) is 1. The van der Waals surface area contributed by atoms with Crippen molar-refractivity contribution >= 4 is 28.7 Å². The van der Waals surface area contributed by atoms with Crippen molar-refractivity contribution < 1.29 is 4.79 Å². The van der Waals surface area contributed by atoms with E-state index in [4.69, 9.17) is 0 Å². The summed E-state index contributed by atoms with van der Waals surface area (Å²) in [6, 6.07) is 3.64. The molecule has 0 unspecified atom stereocenters. The first-order chi connectivity index (χ1) is 13.6. The number of nitrogens with zero attached hydrogens (tertiary/aromatic N) is 3. The van der Waals surface area contributed by atoms with Crippen LogP contribution in [0.15, 0.2) is 40.9 Å². The summed E-state index contributed by atoms with van der Waals surface area (Å²) in [5.74, 6) is 2.47. The predicted octanol–water partition coefficient (Wildman–Crippen LogP) is 3.01. The van der Waals surface area contributed by atoms with Crippen LogP contribution in [-0.2, 0) is 11.3 Å². The minimum absolute atomic E-state index is 0.0132. The predicted molar refractivity (Wildman–Crippen MR) is 111 cm³/mol. The maximum atomic E-state index is 12.7. The fourth-order valence-corrected chi connectivity index (χ4v) is 5.68. The van der Waals surface area contributed by atoms with Crippen molar-refractivity contribution in [3.8, 4) is 0 Å². The van der Waals surface area contributed by atoms with E-state index in [2.05, 4.69) is 28.8 Å². The summed E-state index contributed by atoms with van der Waals surface area (Å²) in [5, 5.41) is 4.14. The van der Waals surface area contributed by atoms with Gasteiger partial charge < -0.3 is 5.32 Å². The summed E-state index contributed by atoms with van der Waals surface area (Å²) < 4.78 is 1.55. The zero-order chi connectivity index (χ0) is 19.7. The molecule has 28 heavy (non-hydrogen) atoms. The first kappa shape index (κ1) is 19.2. The number of amides is 1. The Morgan fingerprint density at radius 1 is 1.46 bits per heavy atom. The molecule has 2 saturated carbocycles. The molecule has 2 bridgehead atoms. The van der Waals surface area contributed by atoms with Crippen LogP contribution in [-0.4, -0.2) is 32.2 Å². The number of fused-ring (bicyclic) bond motifs is 3. The lowest BCUT2D eigenvalue weighted by Gasteiger charge is -2.28. The van der Waals surface area contributed by atoms with Crippen LogP contribution in [0, 0.1) is 17.8 Å². The van der Waals surface area contributed by atoms with Gasteiger partial charge in [0, 0.05) is 18.8 Å².